The number of aromatic nitrogens is 2. The molecule has 27 heavy (non-hydrogen) atoms. The van der Waals surface area contributed by atoms with Gasteiger partial charge in [-0.15, -0.1) is 0 Å². The highest BCUT2D eigenvalue weighted by molar-refractivity contribution is 9.10. The molecule has 1 amide bonds. The Hall–Kier alpha value is -2.18. The first-order valence-electron chi connectivity index (χ1n) is 8.68. The standard InChI is InChI=1S/C20H19BrClN3O2/c1-2-17(23-18(26)11-8-13-6-9-16(22)10-7-13)19-24-20(27-25-19)14-4-3-5-15(21)12-14/h3-7,9-10,12,17H,2,8,11H2,1H3,(H,23,26)/t17-/m0/s1. The molecule has 0 radical (unpaired) electrons. The number of amides is 1. The summed E-state index contributed by atoms with van der Waals surface area (Å²) in [6.07, 6.45) is 1.70. The van der Waals surface area contributed by atoms with Gasteiger partial charge in [0.15, 0.2) is 5.82 Å². The average Bonchev–Trinajstić information content (AvgIpc) is 3.16. The lowest BCUT2D eigenvalue weighted by Gasteiger charge is -2.13. The average molecular weight is 449 g/mol. The minimum atomic E-state index is -0.285. The van der Waals surface area contributed by atoms with E-state index in [0.29, 0.717) is 36.0 Å². The summed E-state index contributed by atoms with van der Waals surface area (Å²) in [6, 6.07) is 14.9. The molecule has 3 rings (SSSR count). The largest absolute Gasteiger partial charge is 0.346 e. The molecule has 0 aliphatic rings. The molecule has 0 fully saturated rings. The van der Waals surface area contributed by atoms with Crippen LogP contribution in [0.3, 0.4) is 0 Å². The fraction of sp³-hybridized carbons (Fsp3) is 0.250. The first-order valence-corrected chi connectivity index (χ1v) is 9.85. The molecule has 1 atom stereocenters. The van der Waals surface area contributed by atoms with Crippen molar-refractivity contribution >= 4 is 33.4 Å². The number of carbonyl (C=O) groups is 1. The lowest BCUT2D eigenvalue weighted by molar-refractivity contribution is -0.121. The number of halogens is 2. The van der Waals surface area contributed by atoms with Gasteiger partial charge >= 0.3 is 0 Å². The zero-order valence-electron chi connectivity index (χ0n) is 14.8. The fourth-order valence-electron chi connectivity index (χ4n) is 2.64. The third-order valence-electron chi connectivity index (χ3n) is 4.12. The van der Waals surface area contributed by atoms with Crippen LogP contribution in [0, 0.1) is 0 Å². The van der Waals surface area contributed by atoms with E-state index in [2.05, 4.69) is 31.4 Å². The molecule has 0 saturated carbocycles. The van der Waals surface area contributed by atoms with Crippen LogP contribution in [0.1, 0.15) is 37.2 Å². The van der Waals surface area contributed by atoms with Crippen LogP contribution < -0.4 is 5.32 Å². The van der Waals surface area contributed by atoms with Crippen LogP contribution in [0.5, 0.6) is 0 Å². The Bertz CT molecular complexity index is 912. The van der Waals surface area contributed by atoms with Crippen molar-refractivity contribution in [3.63, 3.8) is 0 Å². The summed E-state index contributed by atoms with van der Waals surface area (Å²) in [5.41, 5.74) is 1.89. The van der Waals surface area contributed by atoms with Gasteiger partial charge in [-0.25, -0.2) is 0 Å². The van der Waals surface area contributed by atoms with E-state index in [1.165, 1.54) is 0 Å². The van der Waals surface area contributed by atoms with Crippen LogP contribution in [0.15, 0.2) is 57.5 Å². The highest BCUT2D eigenvalue weighted by Gasteiger charge is 2.19. The molecule has 0 aliphatic carbocycles. The number of benzene rings is 2. The molecule has 5 nitrogen and oxygen atoms in total. The van der Waals surface area contributed by atoms with Crippen molar-refractivity contribution < 1.29 is 9.32 Å². The summed E-state index contributed by atoms with van der Waals surface area (Å²) in [7, 11) is 0. The molecule has 7 heteroatoms. The molecule has 0 spiro atoms. The van der Waals surface area contributed by atoms with Gasteiger partial charge in [-0.1, -0.05) is 57.8 Å². The monoisotopic (exact) mass is 447 g/mol. The van der Waals surface area contributed by atoms with E-state index in [9.17, 15) is 4.79 Å². The van der Waals surface area contributed by atoms with E-state index in [1.807, 2.05) is 55.5 Å². The summed E-state index contributed by atoms with van der Waals surface area (Å²) in [5, 5.41) is 7.71. The Balaban J connectivity index is 1.61. The van der Waals surface area contributed by atoms with E-state index in [1.54, 1.807) is 0 Å². The summed E-state index contributed by atoms with van der Waals surface area (Å²) >= 11 is 9.31. The predicted molar refractivity (Wildman–Crippen MR) is 108 cm³/mol. The van der Waals surface area contributed by atoms with Crippen molar-refractivity contribution in [2.24, 2.45) is 0 Å². The van der Waals surface area contributed by atoms with E-state index in [4.69, 9.17) is 16.1 Å². The SMILES string of the molecule is CC[C@H](NC(=O)CCc1ccc(Cl)cc1)c1noc(-c2cccc(Br)c2)n1. The number of hydrogen-bond acceptors (Lipinski definition) is 4. The Morgan fingerprint density at radius 3 is 2.74 bits per heavy atom. The van der Waals surface area contributed by atoms with Gasteiger partial charge in [0.25, 0.3) is 5.89 Å². The van der Waals surface area contributed by atoms with Crippen molar-refractivity contribution in [1.82, 2.24) is 15.5 Å². The van der Waals surface area contributed by atoms with Gasteiger partial charge in [0.05, 0.1) is 6.04 Å². The Morgan fingerprint density at radius 2 is 2.04 bits per heavy atom. The number of aryl methyl sites for hydroxylation is 1. The molecule has 2 aromatic carbocycles. The lowest BCUT2D eigenvalue weighted by atomic mass is 10.1. The summed E-state index contributed by atoms with van der Waals surface area (Å²) in [6.45, 7) is 1.97. The second-order valence-electron chi connectivity index (χ2n) is 6.12. The molecule has 140 valence electrons. The van der Waals surface area contributed by atoms with Crippen LogP contribution in [0.2, 0.25) is 5.02 Å². The van der Waals surface area contributed by atoms with Gasteiger partial charge in [0.2, 0.25) is 5.91 Å². The smallest absolute Gasteiger partial charge is 0.258 e. The van der Waals surface area contributed by atoms with Gasteiger partial charge in [0, 0.05) is 21.5 Å². The van der Waals surface area contributed by atoms with Crippen LogP contribution >= 0.6 is 27.5 Å². The molecule has 1 heterocycles. The number of nitrogens with zero attached hydrogens (tertiary/aromatic N) is 2. The van der Waals surface area contributed by atoms with Gasteiger partial charge in [-0.2, -0.15) is 4.98 Å². The van der Waals surface area contributed by atoms with Gasteiger partial charge in [-0.3, -0.25) is 4.79 Å². The van der Waals surface area contributed by atoms with Gasteiger partial charge < -0.3 is 9.84 Å². The van der Waals surface area contributed by atoms with Crippen LogP contribution in [-0.4, -0.2) is 16.0 Å². The maximum absolute atomic E-state index is 12.3. The third kappa shape index (κ3) is 5.40. The quantitative estimate of drug-likeness (QED) is 0.529. The first kappa shape index (κ1) is 19.6. The van der Waals surface area contributed by atoms with E-state index >= 15 is 0 Å². The molecule has 3 aromatic rings. The number of carbonyl (C=O) groups excluding carboxylic acids is 1. The van der Waals surface area contributed by atoms with Crippen molar-refractivity contribution in [2.45, 2.75) is 32.2 Å². The molecular weight excluding hydrogens is 430 g/mol. The highest BCUT2D eigenvalue weighted by atomic mass is 79.9. The molecule has 0 saturated heterocycles. The Morgan fingerprint density at radius 1 is 1.26 bits per heavy atom. The summed E-state index contributed by atoms with van der Waals surface area (Å²) < 4.78 is 6.30. The topological polar surface area (TPSA) is 68.0 Å². The number of nitrogens with one attached hydrogen (secondary N) is 1. The van der Waals surface area contributed by atoms with Crippen molar-refractivity contribution in [3.05, 3.63) is 69.4 Å². The third-order valence-corrected chi connectivity index (χ3v) is 4.87. The van der Waals surface area contributed by atoms with E-state index < -0.39 is 0 Å². The zero-order valence-corrected chi connectivity index (χ0v) is 17.1. The van der Waals surface area contributed by atoms with Crippen molar-refractivity contribution in [3.8, 4) is 11.5 Å². The molecule has 1 N–H and O–H groups in total. The predicted octanol–water partition coefficient (Wildman–Crippen LogP) is 5.35. The summed E-state index contributed by atoms with van der Waals surface area (Å²) in [5.74, 6) is 0.859. The number of rotatable bonds is 7. The van der Waals surface area contributed by atoms with E-state index in [-0.39, 0.29) is 11.9 Å². The minimum Gasteiger partial charge on any atom is -0.346 e. The Labute approximate surface area is 171 Å². The Kier molecular flexibility index (Phi) is 6.63. The summed E-state index contributed by atoms with van der Waals surface area (Å²) in [4.78, 5) is 16.8. The second-order valence-corrected chi connectivity index (χ2v) is 7.48. The zero-order chi connectivity index (χ0) is 19.2. The molecule has 1 aromatic heterocycles. The number of hydrogen-bond donors (Lipinski definition) is 1. The first-order chi connectivity index (χ1) is 13.0. The molecule has 0 aliphatic heterocycles. The molecule has 0 bridgehead atoms. The maximum atomic E-state index is 12.3. The molecule has 0 unspecified atom stereocenters. The lowest BCUT2D eigenvalue weighted by Crippen LogP contribution is -2.29. The van der Waals surface area contributed by atoms with Gasteiger partial charge in [-0.05, 0) is 48.7 Å². The van der Waals surface area contributed by atoms with E-state index in [0.717, 1.165) is 15.6 Å². The normalized spacial score (nSPS) is 12.0. The highest BCUT2D eigenvalue weighted by Crippen LogP contribution is 2.23. The van der Waals surface area contributed by atoms with Crippen molar-refractivity contribution in [1.29, 1.82) is 0 Å². The van der Waals surface area contributed by atoms with Gasteiger partial charge in [0.1, 0.15) is 0 Å². The van der Waals surface area contributed by atoms with Crippen LogP contribution in [-0.2, 0) is 11.2 Å². The molecular formula is C20H19BrClN3O2. The van der Waals surface area contributed by atoms with Crippen molar-refractivity contribution in [2.75, 3.05) is 0 Å². The van der Waals surface area contributed by atoms with Crippen LogP contribution in [0.25, 0.3) is 11.5 Å². The maximum Gasteiger partial charge on any atom is 0.258 e. The minimum absolute atomic E-state index is 0.0504. The van der Waals surface area contributed by atoms with Crippen LogP contribution in [0.4, 0.5) is 0 Å². The fourth-order valence-corrected chi connectivity index (χ4v) is 3.17. The second kappa shape index (κ2) is 9.15.